The second-order valence-corrected chi connectivity index (χ2v) is 8.96. The third-order valence-corrected chi connectivity index (χ3v) is 6.67. The molecule has 1 aromatic heterocycles. The summed E-state index contributed by atoms with van der Waals surface area (Å²) in [6.07, 6.45) is 1.45. The molecular formula is C19H22N2O4S2. The lowest BCUT2D eigenvalue weighted by Gasteiger charge is -2.15. The van der Waals surface area contributed by atoms with Gasteiger partial charge in [-0.15, -0.1) is 11.8 Å². The Morgan fingerprint density at radius 2 is 2.04 bits per heavy atom. The summed E-state index contributed by atoms with van der Waals surface area (Å²) >= 11 is 3.19. The summed E-state index contributed by atoms with van der Waals surface area (Å²) in [5, 5.41) is 1.10. The Morgan fingerprint density at radius 3 is 2.74 bits per heavy atom. The Balaban J connectivity index is 1.66. The fourth-order valence-corrected chi connectivity index (χ4v) is 5.26. The Kier molecular flexibility index (Phi) is 5.77. The molecule has 0 spiro atoms. The van der Waals surface area contributed by atoms with Crippen LogP contribution in [0.4, 0.5) is 0 Å². The normalized spacial score (nSPS) is 19.4. The maximum Gasteiger partial charge on any atom is 0.272 e. The van der Waals surface area contributed by atoms with Crippen molar-refractivity contribution in [3.8, 4) is 11.4 Å². The highest BCUT2D eigenvalue weighted by Gasteiger charge is 2.27. The van der Waals surface area contributed by atoms with Crippen LogP contribution in [0.2, 0.25) is 0 Å². The molecule has 2 aromatic rings. The Morgan fingerprint density at radius 1 is 1.30 bits per heavy atom. The summed E-state index contributed by atoms with van der Waals surface area (Å²) < 4.78 is 18.0. The van der Waals surface area contributed by atoms with Gasteiger partial charge < -0.3 is 14.2 Å². The molecule has 0 saturated carbocycles. The average Bonchev–Trinajstić information content (AvgIpc) is 3.31. The lowest BCUT2D eigenvalue weighted by molar-refractivity contribution is -0.0421. The minimum atomic E-state index is -0.149. The maximum absolute atomic E-state index is 13.2. The smallest absolute Gasteiger partial charge is 0.272 e. The molecule has 2 aliphatic heterocycles. The van der Waals surface area contributed by atoms with E-state index in [1.807, 2.05) is 24.3 Å². The molecule has 27 heavy (non-hydrogen) atoms. The van der Waals surface area contributed by atoms with Crippen molar-refractivity contribution < 1.29 is 14.2 Å². The summed E-state index contributed by atoms with van der Waals surface area (Å²) in [6.45, 7) is 3.43. The van der Waals surface area contributed by atoms with E-state index in [-0.39, 0.29) is 11.8 Å². The molecule has 1 fully saturated rings. The van der Waals surface area contributed by atoms with Gasteiger partial charge in [0, 0.05) is 23.8 Å². The van der Waals surface area contributed by atoms with Crippen LogP contribution in [-0.2, 0) is 15.9 Å². The van der Waals surface area contributed by atoms with Gasteiger partial charge >= 0.3 is 0 Å². The van der Waals surface area contributed by atoms with Crippen LogP contribution >= 0.6 is 23.5 Å². The largest absolute Gasteiger partial charge is 0.497 e. The van der Waals surface area contributed by atoms with Crippen LogP contribution in [0.15, 0.2) is 39.1 Å². The molecule has 0 N–H and O–H groups in total. The molecule has 144 valence electrons. The summed E-state index contributed by atoms with van der Waals surface area (Å²) in [5.41, 5.74) is 1.72. The number of thioether (sulfide) groups is 2. The van der Waals surface area contributed by atoms with Crippen LogP contribution in [-0.4, -0.2) is 47.2 Å². The maximum atomic E-state index is 13.2. The Hall–Kier alpha value is -1.48. The standard InChI is InChI=1S/C19H22N2O4S2/c1-12-11-15-17(27-12)18(22)21(13-3-5-14(23-2)6-4-13)19(20-15)26-10-7-16-24-8-9-25-16/h3-6,12,16H,7-11H2,1-2H3. The van der Waals surface area contributed by atoms with Crippen molar-refractivity contribution >= 4 is 23.5 Å². The molecule has 8 heteroatoms. The quantitative estimate of drug-likeness (QED) is 0.539. The fourth-order valence-electron chi connectivity index (χ4n) is 3.18. The lowest BCUT2D eigenvalue weighted by atomic mass is 10.2. The van der Waals surface area contributed by atoms with Gasteiger partial charge in [0.2, 0.25) is 0 Å². The predicted octanol–water partition coefficient (Wildman–Crippen LogP) is 3.13. The summed E-state index contributed by atoms with van der Waals surface area (Å²) in [6, 6.07) is 7.51. The van der Waals surface area contributed by atoms with E-state index in [4.69, 9.17) is 19.2 Å². The predicted molar refractivity (Wildman–Crippen MR) is 106 cm³/mol. The van der Waals surface area contributed by atoms with Gasteiger partial charge in [-0.05, 0) is 24.3 Å². The van der Waals surface area contributed by atoms with Gasteiger partial charge in [0.05, 0.1) is 36.6 Å². The molecular weight excluding hydrogens is 384 g/mol. The fraction of sp³-hybridized carbons (Fsp3) is 0.474. The second kappa shape index (κ2) is 8.26. The number of hydrogen-bond donors (Lipinski definition) is 0. The third kappa shape index (κ3) is 4.03. The van der Waals surface area contributed by atoms with Gasteiger partial charge in [-0.25, -0.2) is 4.98 Å². The van der Waals surface area contributed by atoms with Gasteiger partial charge in [-0.3, -0.25) is 9.36 Å². The van der Waals surface area contributed by atoms with E-state index in [2.05, 4.69) is 6.92 Å². The van der Waals surface area contributed by atoms with Crippen LogP contribution < -0.4 is 10.3 Å². The number of hydrogen-bond acceptors (Lipinski definition) is 7. The highest BCUT2D eigenvalue weighted by Crippen LogP contribution is 2.35. The zero-order valence-electron chi connectivity index (χ0n) is 15.3. The highest BCUT2D eigenvalue weighted by atomic mass is 32.2. The third-order valence-electron chi connectivity index (χ3n) is 4.49. The van der Waals surface area contributed by atoms with Crippen molar-refractivity contribution in [2.24, 2.45) is 0 Å². The Labute approximate surface area is 166 Å². The number of aromatic nitrogens is 2. The van der Waals surface area contributed by atoms with Crippen molar-refractivity contribution in [1.82, 2.24) is 9.55 Å². The van der Waals surface area contributed by atoms with E-state index in [0.29, 0.717) is 18.5 Å². The van der Waals surface area contributed by atoms with Crippen molar-refractivity contribution in [3.05, 3.63) is 40.3 Å². The van der Waals surface area contributed by atoms with E-state index >= 15 is 0 Å². The first-order chi connectivity index (χ1) is 13.2. The van der Waals surface area contributed by atoms with Gasteiger partial charge in [0.1, 0.15) is 5.75 Å². The van der Waals surface area contributed by atoms with E-state index in [1.165, 1.54) is 0 Å². The summed E-state index contributed by atoms with van der Waals surface area (Å²) in [7, 11) is 1.63. The molecule has 0 radical (unpaired) electrons. The van der Waals surface area contributed by atoms with E-state index < -0.39 is 0 Å². The molecule has 2 aliphatic rings. The van der Waals surface area contributed by atoms with Gasteiger partial charge in [0.25, 0.3) is 5.56 Å². The molecule has 1 aromatic carbocycles. The van der Waals surface area contributed by atoms with Crippen molar-refractivity contribution in [3.63, 3.8) is 0 Å². The van der Waals surface area contributed by atoms with E-state index in [1.54, 1.807) is 35.2 Å². The topological polar surface area (TPSA) is 62.6 Å². The zero-order chi connectivity index (χ0) is 18.8. The van der Waals surface area contributed by atoms with Crippen LogP contribution in [0.1, 0.15) is 19.0 Å². The Bertz CT molecular complexity index is 863. The molecule has 3 heterocycles. The monoisotopic (exact) mass is 406 g/mol. The molecule has 6 nitrogen and oxygen atoms in total. The molecule has 0 amide bonds. The second-order valence-electron chi connectivity index (χ2n) is 6.45. The van der Waals surface area contributed by atoms with Crippen LogP contribution in [0.25, 0.3) is 5.69 Å². The molecule has 0 aliphatic carbocycles. The number of fused-ring (bicyclic) bond motifs is 1. The summed E-state index contributed by atoms with van der Waals surface area (Å²) in [5.74, 6) is 1.53. The lowest BCUT2D eigenvalue weighted by Crippen LogP contribution is -2.24. The minimum absolute atomic E-state index is 0.00961. The number of ether oxygens (including phenoxy) is 3. The van der Waals surface area contributed by atoms with Gasteiger partial charge in [-0.1, -0.05) is 18.7 Å². The van der Waals surface area contributed by atoms with Gasteiger partial charge in [0.15, 0.2) is 11.4 Å². The van der Waals surface area contributed by atoms with Gasteiger partial charge in [-0.2, -0.15) is 0 Å². The number of nitrogens with zero attached hydrogens (tertiary/aromatic N) is 2. The summed E-state index contributed by atoms with van der Waals surface area (Å²) in [4.78, 5) is 18.8. The zero-order valence-corrected chi connectivity index (χ0v) is 17.0. The van der Waals surface area contributed by atoms with Crippen LogP contribution in [0, 0.1) is 0 Å². The van der Waals surface area contributed by atoms with E-state index in [0.717, 1.165) is 45.8 Å². The molecule has 0 bridgehead atoms. The van der Waals surface area contributed by atoms with Crippen LogP contribution in [0.5, 0.6) is 5.75 Å². The molecule has 1 saturated heterocycles. The minimum Gasteiger partial charge on any atom is -0.497 e. The molecule has 4 rings (SSSR count). The van der Waals surface area contributed by atoms with Crippen molar-refractivity contribution in [1.29, 1.82) is 0 Å². The molecule has 1 atom stereocenters. The number of benzene rings is 1. The first-order valence-electron chi connectivity index (χ1n) is 8.98. The van der Waals surface area contributed by atoms with Crippen molar-refractivity contribution in [2.75, 3.05) is 26.1 Å². The average molecular weight is 407 g/mol. The highest BCUT2D eigenvalue weighted by molar-refractivity contribution is 8.00. The number of rotatable bonds is 6. The van der Waals surface area contributed by atoms with Crippen molar-refractivity contribution in [2.45, 2.75) is 41.4 Å². The SMILES string of the molecule is COc1ccc(-n2c(SCCC3OCCO3)nc3c(c2=O)SC(C)C3)cc1. The first kappa shape index (κ1) is 18.9. The van der Waals surface area contributed by atoms with E-state index in [9.17, 15) is 4.79 Å². The molecule has 1 unspecified atom stereocenters. The van der Waals surface area contributed by atoms with Crippen LogP contribution in [0.3, 0.4) is 0 Å². The number of methoxy groups -OCH3 is 1. The first-order valence-corrected chi connectivity index (χ1v) is 10.8.